The highest BCUT2D eigenvalue weighted by Gasteiger charge is 2.30. The summed E-state index contributed by atoms with van der Waals surface area (Å²) in [4.78, 5) is 14.4. The fraction of sp³-hybridized carbons (Fsp3) is 0.588. The molecular formula is C17H23Cl3N2O2. The summed E-state index contributed by atoms with van der Waals surface area (Å²) in [6.45, 7) is 2.17. The van der Waals surface area contributed by atoms with Crippen molar-refractivity contribution in [1.82, 2.24) is 10.2 Å². The van der Waals surface area contributed by atoms with Crippen LogP contribution in [0.25, 0.3) is 0 Å². The van der Waals surface area contributed by atoms with Gasteiger partial charge in [-0.25, -0.2) is 0 Å². The number of benzene rings is 1. The molecule has 0 saturated carbocycles. The Bertz CT molecular complexity index is 571. The summed E-state index contributed by atoms with van der Waals surface area (Å²) in [5.74, 6) is 0.794. The SMILES string of the molecule is Cl.O=C(CCCOc1cccc(Cl)c1Cl)N1CCC2CCC(C1)N2. The van der Waals surface area contributed by atoms with Crippen LogP contribution in [0.3, 0.4) is 0 Å². The van der Waals surface area contributed by atoms with Crippen molar-refractivity contribution in [3.63, 3.8) is 0 Å². The zero-order valence-corrected chi connectivity index (χ0v) is 15.8. The van der Waals surface area contributed by atoms with Crippen LogP contribution in [0.1, 0.15) is 32.1 Å². The molecule has 2 heterocycles. The number of hydrogen-bond donors (Lipinski definition) is 1. The zero-order valence-electron chi connectivity index (χ0n) is 13.5. The molecule has 0 aliphatic carbocycles. The van der Waals surface area contributed by atoms with Gasteiger partial charge in [-0.3, -0.25) is 4.79 Å². The molecule has 2 saturated heterocycles. The van der Waals surface area contributed by atoms with Crippen LogP contribution in [0.5, 0.6) is 5.75 Å². The summed E-state index contributed by atoms with van der Waals surface area (Å²) in [6, 6.07) is 6.39. The third-order valence-electron chi connectivity index (χ3n) is 4.58. The van der Waals surface area contributed by atoms with E-state index < -0.39 is 0 Å². The van der Waals surface area contributed by atoms with Crippen LogP contribution >= 0.6 is 35.6 Å². The third-order valence-corrected chi connectivity index (χ3v) is 5.39. The van der Waals surface area contributed by atoms with Crippen LogP contribution in [0.15, 0.2) is 18.2 Å². The molecule has 0 radical (unpaired) electrons. The highest BCUT2D eigenvalue weighted by Crippen LogP contribution is 2.31. The smallest absolute Gasteiger partial charge is 0.222 e. The Morgan fingerprint density at radius 2 is 2.04 bits per heavy atom. The van der Waals surface area contributed by atoms with Crippen molar-refractivity contribution in [2.24, 2.45) is 0 Å². The first kappa shape index (κ1) is 19.6. The zero-order chi connectivity index (χ0) is 16.2. The van der Waals surface area contributed by atoms with Gasteiger partial charge in [-0.15, -0.1) is 12.4 Å². The fourth-order valence-corrected chi connectivity index (χ4v) is 3.68. The van der Waals surface area contributed by atoms with Gasteiger partial charge < -0.3 is 15.0 Å². The first-order valence-electron chi connectivity index (χ1n) is 8.24. The molecule has 2 unspecified atom stereocenters. The number of nitrogens with one attached hydrogen (secondary N) is 1. The van der Waals surface area contributed by atoms with Crippen molar-refractivity contribution in [2.75, 3.05) is 19.7 Å². The molecule has 0 aromatic heterocycles. The first-order chi connectivity index (χ1) is 11.1. The van der Waals surface area contributed by atoms with Gasteiger partial charge in [-0.05, 0) is 37.8 Å². The lowest BCUT2D eigenvalue weighted by molar-refractivity contribution is -0.131. The number of carbonyl (C=O) groups excluding carboxylic acids is 1. The van der Waals surface area contributed by atoms with E-state index in [1.165, 1.54) is 12.8 Å². The minimum atomic E-state index is 0. The van der Waals surface area contributed by atoms with Gasteiger partial charge in [0.2, 0.25) is 5.91 Å². The number of hydrogen-bond acceptors (Lipinski definition) is 3. The van der Waals surface area contributed by atoms with Crippen LogP contribution < -0.4 is 10.1 Å². The van der Waals surface area contributed by atoms with E-state index in [1.54, 1.807) is 18.2 Å². The molecule has 24 heavy (non-hydrogen) atoms. The van der Waals surface area contributed by atoms with Gasteiger partial charge in [-0.2, -0.15) is 0 Å². The second-order valence-corrected chi connectivity index (χ2v) is 7.06. The number of nitrogens with zero attached hydrogens (tertiary/aromatic N) is 1. The predicted octanol–water partition coefficient (Wildman–Crippen LogP) is 3.93. The fourth-order valence-electron chi connectivity index (χ4n) is 3.33. The maximum Gasteiger partial charge on any atom is 0.222 e. The first-order valence-corrected chi connectivity index (χ1v) is 8.99. The Labute approximate surface area is 159 Å². The molecule has 1 N–H and O–H groups in total. The topological polar surface area (TPSA) is 41.6 Å². The molecule has 2 fully saturated rings. The normalized spacial score (nSPS) is 22.7. The Morgan fingerprint density at radius 1 is 1.25 bits per heavy atom. The van der Waals surface area contributed by atoms with Gasteiger partial charge in [0.05, 0.1) is 11.6 Å². The summed E-state index contributed by atoms with van der Waals surface area (Å²) in [6.07, 6.45) is 4.69. The number of halogens is 3. The van der Waals surface area contributed by atoms with Gasteiger partial charge in [0.15, 0.2) is 0 Å². The van der Waals surface area contributed by atoms with Gasteiger partial charge in [0.1, 0.15) is 10.8 Å². The minimum Gasteiger partial charge on any atom is -0.492 e. The standard InChI is InChI=1S/C17H22Cl2N2O2.ClH/c18-14-3-1-4-15(17(14)19)23-10-2-5-16(22)21-9-8-12-6-7-13(11-21)20-12;/h1,3-4,12-13,20H,2,5-11H2;1H. The Morgan fingerprint density at radius 3 is 2.88 bits per heavy atom. The lowest BCUT2D eigenvalue weighted by atomic mass is 10.1. The molecule has 2 aliphatic rings. The number of likely N-dealkylation sites (tertiary alicyclic amines) is 1. The summed E-state index contributed by atoms with van der Waals surface area (Å²) in [5.41, 5.74) is 0. The second-order valence-electron chi connectivity index (χ2n) is 6.27. The number of ether oxygens (including phenoxy) is 1. The van der Waals surface area contributed by atoms with Crippen molar-refractivity contribution < 1.29 is 9.53 Å². The summed E-state index contributed by atoms with van der Waals surface area (Å²) in [7, 11) is 0. The van der Waals surface area contributed by atoms with E-state index in [0.717, 1.165) is 19.5 Å². The quantitative estimate of drug-likeness (QED) is 0.771. The van der Waals surface area contributed by atoms with Gasteiger partial charge in [0.25, 0.3) is 0 Å². The molecule has 134 valence electrons. The van der Waals surface area contributed by atoms with Crippen LogP contribution in [0.4, 0.5) is 0 Å². The van der Waals surface area contributed by atoms with E-state index in [-0.39, 0.29) is 18.3 Å². The molecule has 1 amide bonds. The second kappa shape index (κ2) is 9.14. The monoisotopic (exact) mass is 392 g/mol. The van der Waals surface area contributed by atoms with Crippen LogP contribution in [0, 0.1) is 0 Å². The Balaban J connectivity index is 0.00000208. The average molecular weight is 394 g/mol. The number of amides is 1. The lowest BCUT2D eigenvalue weighted by Crippen LogP contribution is -2.39. The molecular weight excluding hydrogens is 371 g/mol. The van der Waals surface area contributed by atoms with Gasteiger partial charge >= 0.3 is 0 Å². The largest absolute Gasteiger partial charge is 0.492 e. The van der Waals surface area contributed by atoms with Gasteiger partial charge in [-0.1, -0.05) is 29.3 Å². The van der Waals surface area contributed by atoms with Crippen molar-refractivity contribution >= 4 is 41.5 Å². The summed E-state index contributed by atoms with van der Waals surface area (Å²) in [5, 5.41) is 4.50. The molecule has 7 heteroatoms. The van der Waals surface area contributed by atoms with Crippen LogP contribution in [0.2, 0.25) is 10.0 Å². The van der Waals surface area contributed by atoms with Crippen molar-refractivity contribution in [2.45, 2.75) is 44.2 Å². The minimum absolute atomic E-state index is 0. The predicted molar refractivity (Wildman–Crippen MR) is 99.6 cm³/mol. The molecule has 3 rings (SSSR count). The Hall–Kier alpha value is -0.680. The van der Waals surface area contributed by atoms with Crippen LogP contribution in [-0.4, -0.2) is 42.6 Å². The maximum atomic E-state index is 12.4. The van der Waals surface area contributed by atoms with Crippen molar-refractivity contribution in [3.05, 3.63) is 28.2 Å². The summed E-state index contributed by atoms with van der Waals surface area (Å²) < 4.78 is 5.63. The van der Waals surface area contributed by atoms with E-state index >= 15 is 0 Å². The average Bonchev–Trinajstić information content (AvgIpc) is 2.86. The van der Waals surface area contributed by atoms with E-state index in [2.05, 4.69) is 5.32 Å². The lowest BCUT2D eigenvalue weighted by Gasteiger charge is -2.24. The maximum absolute atomic E-state index is 12.4. The molecule has 2 aliphatic heterocycles. The Kier molecular flexibility index (Phi) is 7.48. The van der Waals surface area contributed by atoms with Crippen molar-refractivity contribution in [1.29, 1.82) is 0 Å². The van der Waals surface area contributed by atoms with Crippen molar-refractivity contribution in [3.8, 4) is 5.75 Å². The number of fused-ring (bicyclic) bond motifs is 2. The van der Waals surface area contributed by atoms with E-state index in [0.29, 0.717) is 47.3 Å². The highest BCUT2D eigenvalue weighted by atomic mass is 35.5. The molecule has 2 atom stereocenters. The highest BCUT2D eigenvalue weighted by molar-refractivity contribution is 6.42. The van der Waals surface area contributed by atoms with Gasteiger partial charge in [0, 0.05) is 31.6 Å². The van der Waals surface area contributed by atoms with E-state index in [9.17, 15) is 4.79 Å². The molecule has 4 nitrogen and oxygen atoms in total. The number of carbonyl (C=O) groups is 1. The molecule has 1 aromatic rings. The number of rotatable bonds is 5. The van der Waals surface area contributed by atoms with E-state index in [1.807, 2.05) is 4.90 Å². The van der Waals surface area contributed by atoms with E-state index in [4.69, 9.17) is 27.9 Å². The molecule has 2 bridgehead atoms. The molecule has 1 aromatic carbocycles. The molecule has 0 spiro atoms. The van der Waals surface area contributed by atoms with Crippen LogP contribution in [-0.2, 0) is 4.79 Å². The summed E-state index contributed by atoms with van der Waals surface area (Å²) >= 11 is 12.0. The third kappa shape index (κ3) is 4.92.